The summed E-state index contributed by atoms with van der Waals surface area (Å²) in [6, 6.07) is 5.71. The van der Waals surface area contributed by atoms with E-state index in [1.165, 1.54) is 0 Å². The molecule has 1 aliphatic rings. The van der Waals surface area contributed by atoms with Crippen molar-refractivity contribution in [2.24, 2.45) is 0 Å². The molecule has 1 aliphatic carbocycles. The Balaban J connectivity index is 1.69. The number of tetrazole rings is 1. The summed E-state index contributed by atoms with van der Waals surface area (Å²) < 4.78 is 1.88. The first kappa shape index (κ1) is 11.3. The molecule has 0 aliphatic heterocycles. The molecule has 94 valence electrons. The van der Waals surface area contributed by atoms with Gasteiger partial charge in [-0.15, -0.1) is 5.10 Å². The second kappa shape index (κ2) is 4.49. The molecule has 0 unspecified atom stereocenters. The highest BCUT2D eigenvalue weighted by Crippen LogP contribution is 2.37. The number of aromatic hydroxyl groups is 1. The number of hydrogen-bond donors (Lipinski definition) is 2. The van der Waals surface area contributed by atoms with Gasteiger partial charge in [-0.2, -0.15) is 0 Å². The molecular weight excluding hydrogens is 250 g/mol. The van der Waals surface area contributed by atoms with Crippen LogP contribution in [0.3, 0.4) is 0 Å². The maximum absolute atomic E-state index is 9.35. The Morgan fingerprint density at radius 2 is 2.28 bits per heavy atom. The Bertz CT molecular complexity index is 566. The Labute approximate surface area is 108 Å². The normalized spacial score (nSPS) is 14.9. The lowest BCUT2D eigenvalue weighted by atomic mass is 10.2. The lowest BCUT2D eigenvalue weighted by Crippen LogP contribution is -1.98. The lowest BCUT2D eigenvalue weighted by molar-refractivity contribution is 0.478. The van der Waals surface area contributed by atoms with Crippen molar-refractivity contribution < 1.29 is 5.11 Å². The van der Waals surface area contributed by atoms with Gasteiger partial charge in [0.15, 0.2) is 0 Å². The molecule has 1 heterocycles. The van der Waals surface area contributed by atoms with Crippen LogP contribution in [0.15, 0.2) is 23.4 Å². The smallest absolute Gasteiger partial charge is 0.209 e. The third-order valence-corrected chi connectivity index (χ3v) is 3.82. The van der Waals surface area contributed by atoms with Crippen molar-refractivity contribution in [3.05, 3.63) is 23.8 Å². The quantitative estimate of drug-likeness (QED) is 0.494. The van der Waals surface area contributed by atoms with Crippen LogP contribution in [0.5, 0.6) is 5.75 Å². The molecular formula is C11H13N5OS. The minimum Gasteiger partial charge on any atom is -0.506 e. The van der Waals surface area contributed by atoms with E-state index < -0.39 is 0 Å². The SMILES string of the molecule is Nc1cc(CSc2nnnn2C2CC2)ccc1O. The van der Waals surface area contributed by atoms with E-state index in [-0.39, 0.29) is 5.75 Å². The van der Waals surface area contributed by atoms with E-state index in [0.29, 0.717) is 11.7 Å². The molecule has 3 rings (SSSR count). The van der Waals surface area contributed by atoms with Crippen LogP contribution in [0.2, 0.25) is 0 Å². The van der Waals surface area contributed by atoms with Crippen LogP contribution >= 0.6 is 11.8 Å². The van der Waals surface area contributed by atoms with Crippen LogP contribution in [-0.4, -0.2) is 25.3 Å². The van der Waals surface area contributed by atoms with E-state index in [2.05, 4.69) is 15.5 Å². The average Bonchev–Trinajstić information content (AvgIpc) is 3.10. The molecule has 3 N–H and O–H groups in total. The van der Waals surface area contributed by atoms with E-state index in [4.69, 9.17) is 5.73 Å². The zero-order chi connectivity index (χ0) is 12.5. The summed E-state index contributed by atoms with van der Waals surface area (Å²) in [6.45, 7) is 0. The predicted octanol–water partition coefficient (Wildman–Crippen LogP) is 1.59. The van der Waals surface area contributed by atoms with Crippen LogP contribution in [0.25, 0.3) is 0 Å². The van der Waals surface area contributed by atoms with Gasteiger partial charge in [0, 0.05) is 5.75 Å². The summed E-state index contributed by atoms with van der Waals surface area (Å²) in [6.07, 6.45) is 2.31. The number of nitrogens with zero attached hydrogens (tertiary/aromatic N) is 4. The van der Waals surface area contributed by atoms with Crippen molar-refractivity contribution in [1.29, 1.82) is 0 Å². The van der Waals surface area contributed by atoms with Crippen molar-refractivity contribution in [3.8, 4) is 5.75 Å². The van der Waals surface area contributed by atoms with E-state index in [9.17, 15) is 5.11 Å². The van der Waals surface area contributed by atoms with Gasteiger partial charge in [-0.1, -0.05) is 17.8 Å². The topological polar surface area (TPSA) is 89.9 Å². The van der Waals surface area contributed by atoms with Crippen LogP contribution < -0.4 is 5.73 Å². The lowest BCUT2D eigenvalue weighted by Gasteiger charge is -2.04. The molecule has 18 heavy (non-hydrogen) atoms. The van der Waals surface area contributed by atoms with Crippen molar-refractivity contribution in [1.82, 2.24) is 20.2 Å². The number of nitrogen functional groups attached to an aromatic ring is 1. The molecule has 7 heteroatoms. The summed E-state index contributed by atoms with van der Waals surface area (Å²) in [5.74, 6) is 0.851. The summed E-state index contributed by atoms with van der Waals surface area (Å²) in [5.41, 5.74) is 7.09. The molecule has 0 atom stereocenters. The van der Waals surface area contributed by atoms with Gasteiger partial charge in [-0.3, -0.25) is 0 Å². The van der Waals surface area contributed by atoms with Crippen LogP contribution in [0, 0.1) is 0 Å². The first-order chi connectivity index (χ1) is 8.74. The number of anilines is 1. The van der Waals surface area contributed by atoms with Gasteiger partial charge >= 0.3 is 0 Å². The van der Waals surface area contributed by atoms with Gasteiger partial charge in [-0.25, -0.2) is 4.68 Å². The van der Waals surface area contributed by atoms with E-state index in [1.54, 1.807) is 23.9 Å². The summed E-state index contributed by atoms with van der Waals surface area (Å²) in [7, 11) is 0. The Kier molecular flexibility index (Phi) is 2.83. The van der Waals surface area contributed by atoms with E-state index in [1.807, 2.05) is 10.7 Å². The second-order valence-electron chi connectivity index (χ2n) is 4.32. The zero-order valence-electron chi connectivity index (χ0n) is 9.65. The van der Waals surface area contributed by atoms with E-state index in [0.717, 1.165) is 29.3 Å². The molecule has 1 fully saturated rings. The molecule has 0 radical (unpaired) electrons. The fourth-order valence-corrected chi connectivity index (χ4v) is 2.56. The molecule has 2 aromatic rings. The number of benzene rings is 1. The molecule has 1 saturated carbocycles. The first-order valence-electron chi connectivity index (χ1n) is 5.72. The number of thioether (sulfide) groups is 1. The zero-order valence-corrected chi connectivity index (χ0v) is 10.5. The van der Waals surface area contributed by atoms with Gasteiger partial charge in [-0.05, 0) is 41.0 Å². The second-order valence-corrected chi connectivity index (χ2v) is 5.26. The number of nitrogens with two attached hydrogens (primary N) is 1. The number of phenolic OH excluding ortho intramolecular Hbond substituents is 1. The fraction of sp³-hybridized carbons (Fsp3) is 0.364. The minimum atomic E-state index is 0.117. The Morgan fingerprint density at radius 3 is 3.00 bits per heavy atom. The minimum absolute atomic E-state index is 0.117. The van der Waals surface area contributed by atoms with Crippen LogP contribution in [-0.2, 0) is 5.75 Å². The maximum Gasteiger partial charge on any atom is 0.209 e. The maximum atomic E-state index is 9.35. The summed E-state index contributed by atoms with van der Waals surface area (Å²) in [5, 5.41) is 21.9. The predicted molar refractivity (Wildman–Crippen MR) is 68.2 cm³/mol. The first-order valence-corrected chi connectivity index (χ1v) is 6.70. The number of phenols is 1. The largest absolute Gasteiger partial charge is 0.506 e. The highest BCUT2D eigenvalue weighted by atomic mass is 32.2. The molecule has 6 nitrogen and oxygen atoms in total. The Hall–Kier alpha value is -1.76. The van der Waals surface area contributed by atoms with Crippen molar-refractivity contribution >= 4 is 17.4 Å². The summed E-state index contributed by atoms with van der Waals surface area (Å²) >= 11 is 1.58. The average molecular weight is 263 g/mol. The molecule has 0 spiro atoms. The molecule has 0 amide bonds. The highest BCUT2D eigenvalue weighted by Gasteiger charge is 2.27. The monoisotopic (exact) mass is 263 g/mol. The van der Waals surface area contributed by atoms with Gasteiger partial charge in [0.05, 0.1) is 11.7 Å². The molecule has 1 aromatic carbocycles. The van der Waals surface area contributed by atoms with Crippen LogP contribution in [0.4, 0.5) is 5.69 Å². The van der Waals surface area contributed by atoms with Gasteiger partial charge in [0.25, 0.3) is 0 Å². The van der Waals surface area contributed by atoms with Gasteiger partial charge < -0.3 is 10.8 Å². The van der Waals surface area contributed by atoms with Crippen molar-refractivity contribution in [3.63, 3.8) is 0 Å². The van der Waals surface area contributed by atoms with E-state index >= 15 is 0 Å². The summed E-state index contributed by atoms with van der Waals surface area (Å²) in [4.78, 5) is 0. The van der Waals surface area contributed by atoms with Gasteiger partial charge in [0.2, 0.25) is 5.16 Å². The fourth-order valence-electron chi connectivity index (χ4n) is 1.67. The third kappa shape index (κ3) is 2.26. The van der Waals surface area contributed by atoms with Crippen LogP contribution in [0.1, 0.15) is 24.4 Å². The Morgan fingerprint density at radius 1 is 1.44 bits per heavy atom. The van der Waals surface area contributed by atoms with Gasteiger partial charge in [0.1, 0.15) is 5.75 Å². The number of aromatic nitrogens is 4. The molecule has 0 saturated heterocycles. The molecule has 1 aromatic heterocycles. The standard InChI is InChI=1S/C11H13N5OS/c12-9-5-7(1-4-10(9)17)6-18-11-13-14-15-16(11)8-2-3-8/h1,4-5,8,17H,2-3,6,12H2. The highest BCUT2D eigenvalue weighted by molar-refractivity contribution is 7.98. The van der Waals surface area contributed by atoms with Crippen molar-refractivity contribution in [2.75, 3.05) is 5.73 Å². The number of rotatable bonds is 4. The molecule has 0 bridgehead atoms. The third-order valence-electron chi connectivity index (χ3n) is 2.82. The van der Waals surface area contributed by atoms with Crippen molar-refractivity contribution in [2.45, 2.75) is 29.8 Å². The number of hydrogen-bond acceptors (Lipinski definition) is 6.